The van der Waals surface area contributed by atoms with Gasteiger partial charge in [-0.15, -0.1) is 0 Å². The molecule has 3 rings (SSSR count). The number of hydrogen-bond donors (Lipinski definition) is 0. The Kier molecular flexibility index (Phi) is 2.63. The van der Waals surface area contributed by atoms with Crippen LogP contribution in [0.4, 0.5) is 0 Å². The Hall–Kier alpha value is -0.160. The van der Waals surface area contributed by atoms with Crippen LogP contribution in [0, 0.1) is 0 Å². The van der Waals surface area contributed by atoms with Crippen molar-refractivity contribution in [1.82, 2.24) is 0 Å². The van der Waals surface area contributed by atoms with Crippen LogP contribution in [0.25, 0.3) is 0 Å². The van der Waals surface area contributed by atoms with E-state index < -0.39 is 22.8 Å². The molecule has 0 amide bonds. The van der Waals surface area contributed by atoms with Gasteiger partial charge in [-0.2, -0.15) is 0 Å². The minimum Gasteiger partial charge on any atom is -0.347 e. The molecule has 0 aromatic carbocycles. The van der Waals surface area contributed by atoms with Crippen molar-refractivity contribution in [3.8, 4) is 0 Å². The lowest BCUT2D eigenvalue weighted by Gasteiger charge is -2.59. The van der Waals surface area contributed by atoms with Crippen molar-refractivity contribution in [3.05, 3.63) is 0 Å². The maximum atomic E-state index is 6.40. The van der Waals surface area contributed by atoms with Crippen LogP contribution < -0.4 is 0 Å². The molecule has 2 atom stereocenters. The second-order valence-corrected chi connectivity index (χ2v) is 6.63. The molecule has 3 aliphatic heterocycles. The molecule has 0 unspecified atom stereocenters. The quantitative estimate of drug-likeness (QED) is 0.667. The van der Waals surface area contributed by atoms with Crippen LogP contribution in [0.2, 0.25) is 0 Å². The molecule has 2 spiro atoms. The first-order valence-corrected chi connectivity index (χ1v) is 7.01. The summed E-state index contributed by atoms with van der Waals surface area (Å²) >= 11 is 0. The average molecular weight is 256 g/mol. The van der Waals surface area contributed by atoms with Gasteiger partial charge < -0.3 is 18.9 Å². The smallest absolute Gasteiger partial charge is 0.198 e. The van der Waals surface area contributed by atoms with Crippen molar-refractivity contribution in [2.75, 3.05) is 13.2 Å². The fourth-order valence-corrected chi connectivity index (χ4v) is 3.56. The van der Waals surface area contributed by atoms with Gasteiger partial charge in [0.1, 0.15) is 11.2 Å². The highest BCUT2D eigenvalue weighted by Crippen LogP contribution is 2.54. The Morgan fingerprint density at radius 1 is 0.667 bits per heavy atom. The lowest BCUT2D eigenvalue weighted by atomic mass is 9.84. The van der Waals surface area contributed by atoms with E-state index in [1.165, 1.54) is 0 Å². The molecule has 0 N–H and O–H groups in total. The van der Waals surface area contributed by atoms with E-state index in [9.17, 15) is 0 Å². The van der Waals surface area contributed by atoms with E-state index in [1.807, 2.05) is 0 Å². The molecule has 0 saturated carbocycles. The van der Waals surface area contributed by atoms with Gasteiger partial charge in [-0.3, -0.25) is 0 Å². The minimum atomic E-state index is -0.617. The summed E-state index contributed by atoms with van der Waals surface area (Å²) in [5.74, 6) is -1.23. The Balaban J connectivity index is 1.97. The molecule has 0 radical (unpaired) electrons. The highest BCUT2D eigenvalue weighted by Gasteiger charge is 2.67. The Labute approximate surface area is 109 Å². The molecular weight excluding hydrogens is 232 g/mol. The van der Waals surface area contributed by atoms with Crippen LogP contribution in [0.15, 0.2) is 0 Å². The van der Waals surface area contributed by atoms with Crippen LogP contribution in [0.1, 0.15) is 53.4 Å². The molecule has 4 nitrogen and oxygen atoms in total. The topological polar surface area (TPSA) is 36.9 Å². The minimum absolute atomic E-state index is 0.483. The fraction of sp³-hybridized carbons (Fsp3) is 1.00. The summed E-state index contributed by atoms with van der Waals surface area (Å²) in [5, 5.41) is 0. The van der Waals surface area contributed by atoms with E-state index >= 15 is 0 Å². The summed E-state index contributed by atoms with van der Waals surface area (Å²) in [5.41, 5.74) is -0.966. The summed E-state index contributed by atoms with van der Waals surface area (Å²) in [6, 6.07) is 0. The van der Waals surface area contributed by atoms with Gasteiger partial charge in [-0.05, 0) is 40.5 Å². The molecule has 18 heavy (non-hydrogen) atoms. The first kappa shape index (κ1) is 12.9. The maximum absolute atomic E-state index is 6.40. The van der Waals surface area contributed by atoms with E-state index in [4.69, 9.17) is 18.9 Å². The van der Waals surface area contributed by atoms with Crippen molar-refractivity contribution >= 4 is 0 Å². The third-order valence-corrected chi connectivity index (χ3v) is 4.65. The number of hydrogen-bond acceptors (Lipinski definition) is 4. The first-order valence-electron chi connectivity index (χ1n) is 7.01. The van der Waals surface area contributed by atoms with Gasteiger partial charge in [0.15, 0.2) is 11.6 Å². The predicted octanol–water partition coefficient (Wildman–Crippen LogP) is 2.60. The van der Waals surface area contributed by atoms with E-state index in [0.29, 0.717) is 0 Å². The molecule has 0 aliphatic carbocycles. The Bertz CT molecular complexity index is 302. The summed E-state index contributed by atoms with van der Waals surface area (Å²) in [6.07, 6.45) is 3.83. The van der Waals surface area contributed by atoms with Crippen molar-refractivity contribution in [2.24, 2.45) is 0 Å². The molecular formula is C14H24O4. The maximum Gasteiger partial charge on any atom is 0.198 e. The average Bonchev–Trinajstić information content (AvgIpc) is 2.85. The molecule has 3 fully saturated rings. The van der Waals surface area contributed by atoms with E-state index in [2.05, 4.69) is 27.7 Å². The summed E-state index contributed by atoms with van der Waals surface area (Å²) < 4.78 is 24.7. The number of rotatable bonds is 0. The predicted molar refractivity (Wildman–Crippen MR) is 66.2 cm³/mol. The second-order valence-electron chi connectivity index (χ2n) is 6.63. The van der Waals surface area contributed by atoms with Gasteiger partial charge in [0.05, 0.1) is 13.2 Å². The van der Waals surface area contributed by atoms with Crippen LogP contribution in [0.3, 0.4) is 0 Å². The fourth-order valence-electron chi connectivity index (χ4n) is 3.56. The van der Waals surface area contributed by atoms with Crippen LogP contribution in [-0.2, 0) is 18.9 Å². The highest BCUT2D eigenvalue weighted by atomic mass is 16.8. The molecule has 0 aromatic rings. The van der Waals surface area contributed by atoms with Crippen molar-refractivity contribution in [3.63, 3.8) is 0 Å². The summed E-state index contributed by atoms with van der Waals surface area (Å²) in [6.45, 7) is 9.70. The third kappa shape index (κ3) is 1.52. The van der Waals surface area contributed by atoms with E-state index in [1.54, 1.807) is 0 Å². The summed E-state index contributed by atoms with van der Waals surface area (Å²) in [4.78, 5) is 0. The molecule has 0 aromatic heterocycles. The molecule has 0 bridgehead atoms. The lowest BCUT2D eigenvalue weighted by molar-refractivity contribution is -0.473. The monoisotopic (exact) mass is 256 g/mol. The number of ether oxygens (including phenoxy) is 4. The van der Waals surface area contributed by atoms with Crippen molar-refractivity contribution in [2.45, 2.75) is 76.2 Å². The standard InChI is InChI=1S/C14H24O4/c1-11(2)13(7-5-9-15-13)18-12(3,4)14(17-11)8-6-10-16-14/h5-10H2,1-4H3/t13-,14-/m0/s1. The van der Waals surface area contributed by atoms with Crippen LogP contribution >= 0.6 is 0 Å². The van der Waals surface area contributed by atoms with Crippen molar-refractivity contribution < 1.29 is 18.9 Å². The van der Waals surface area contributed by atoms with E-state index in [0.717, 1.165) is 38.9 Å². The zero-order chi connectivity index (χ0) is 13.1. The van der Waals surface area contributed by atoms with Gasteiger partial charge in [-0.1, -0.05) is 0 Å². The third-order valence-electron chi connectivity index (χ3n) is 4.65. The zero-order valence-electron chi connectivity index (χ0n) is 11.9. The molecule has 3 heterocycles. The van der Waals surface area contributed by atoms with Gasteiger partial charge in [0.25, 0.3) is 0 Å². The molecule has 104 valence electrons. The zero-order valence-corrected chi connectivity index (χ0v) is 11.9. The second kappa shape index (κ2) is 3.69. The molecule has 3 aliphatic rings. The van der Waals surface area contributed by atoms with E-state index in [-0.39, 0.29) is 0 Å². The van der Waals surface area contributed by atoms with Crippen molar-refractivity contribution in [1.29, 1.82) is 0 Å². The molecule has 3 saturated heterocycles. The first-order chi connectivity index (χ1) is 8.33. The normalized spacial score (nSPS) is 46.0. The Morgan fingerprint density at radius 2 is 1.06 bits per heavy atom. The SMILES string of the molecule is CC1(C)O[C@@]2(CCCO2)C(C)(C)O[C@@]12CCCO2. The summed E-state index contributed by atoms with van der Waals surface area (Å²) in [7, 11) is 0. The van der Waals surface area contributed by atoms with Gasteiger partial charge >= 0.3 is 0 Å². The van der Waals surface area contributed by atoms with Crippen LogP contribution in [-0.4, -0.2) is 36.0 Å². The Morgan fingerprint density at radius 3 is 1.33 bits per heavy atom. The highest BCUT2D eigenvalue weighted by molar-refractivity contribution is 5.06. The van der Waals surface area contributed by atoms with Crippen LogP contribution in [0.5, 0.6) is 0 Å². The van der Waals surface area contributed by atoms with Gasteiger partial charge in [0.2, 0.25) is 0 Å². The van der Waals surface area contributed by atoms with Gasteiger partial charge in [0, 0.05) is 12.8 Å². The largest absolute Gasteiger partial charge is 0.347 e. The lowest BCUT2D eigenvalue weighted by Crippen LogP contribution is -2.71. The molecule has 4 heteroatoms. The van der Waals surface area contributed by atoms with Gasteiger partial charge in [-0.25, -0.2) is 0 Å².